The van der Waals surface area contributed by atoms with Crippen LogP contribution in [-0.2, 0) is 0 Å². The monoisotopic (exact) mass is 332 g/mol. The first-order chi connectivity index (χ1) is 9.54. The van der Waals surface area contributed by atoms with Crippen LogP contribution in [0.2, 0.25) is 0 Å². The Morgan fingerprint density at radius 1 is 1.20 bits per heavy atom. The van der Waals surface area contributed by atoms with Crippen molar-refractivity contribution in [2.24, 2.45) is 5.73 Å². The molecule has 2 rings (SSSR count). The van der Waals surface area contributed by atoms with Crippen molar-refractivity contribution >= 4 is 27.3 Å². The van der Waals surface area contributed by atoms with Crippen LogP contribution in [0.15, 0.2) is 46.9 Å². The highest BCUT2D eigenvalue weighted by molar-refractivity contribution is 9.10. The molecule has 0 amide bonds. The van der Waals surface area contributed by atoms with E-state index in [9.17, 15) is 0 Å². The molecule has 0 saturated carbocycles. The predicted molar refractivity (Wildman–Crippen MR) is 90.6 cm³/mol. The molecule has 20 heavy (non-hydrogen) atoms. The van der Waals surface area contributed by atoms with Gasteiger partial charge in [-0.1, -0.05) is 40.2 Å². The maximum Gasteiger partial charge on any atom is 0.0440 e. The molecule has 2 aromatic carbocycles. The van der Waals surface area contributed by atoms with E-state index in [2.05, 4.69) is 77.1 Å². The summed E-state index contributed by atoms with van der Waals surface area (Å²) in [5, 5.41) is 0. The lowest BCUT2D eigenvalue weighted by Crippen LogP contribution is -2.17. The average Bonchev–Trinajstić information content (AvgIpc) is 2.41. The van der Waals surface area contributed by atoms with Crippen LogP contribution in [0.1, 0.15) is 31.0 Å². The quantitative estimate of drug-likeness (QED) is 0.859. The second-order valence-corrected chi connectivity index (χ2v) is 5.88. The zero-order valence-electron chi connectivity index (χ0n) is 12.2. The number of nitrogens with zero attached hydrogens (tertiary/aromatic N) is 1. The Hall–Kier alpha value is -1.32. The van der Waals surface area contributed by atoms with E-state index >= 15 is 0 Å². The molecule has 0 spiro atoms. The van der Waals surface area contributed by atoms with E-state index in [-0.39, 0.29) is 6.04 Å². The summed E-state index contributed by atoms with van der Waals surface area (Å²) in [5.74, 6) is 0. The minimum Gasteiger partial charge on any atom is -0.342 e. The molecule has 0 aliphatic carbocycles. The first-order valence-corrected chi connectivity index (χ1v) is 7.72. The zero-order valence-corrected chi connectivity index (χ0v) is 13.8. The lowest BCUT2D eigenvalue weighted by Gasteiger charge is -2.26. The second kappa shape index (κ2) is 6.42. The molecule has 0 aromatic heterocycles. The molecule has 0 fully saturated rings. The molecule has 0 radical (unpaired) electrons. The Bertz CT molecular complexity index is 593. The van der Waals surface area contributed by atoms with Crippen LogP contribution < -0.4 is 10.6 Å². The third kappa shape index (κ3) is 3.05. The van der Waals surface area contributed by atoms with Gasteiger partial charge in [0.2, 0.25) is 0 Å². The van der Waals surface area contributed by atoms with Crippen molar-refractivity contribution < 1.29 is 0 Å². The van der Waals surface area contributed by atoms with Crippen molar-refractivity contribution in [3.8, 4) is 0 Å². The number of nitrogens with two attached hydrogens (primary N) is 1. The van der Waals surface area contributed by atoms with Crippen LogP contribution in [0.4, 0.5) is 11.4 Å². The SMILES string of the molecule is CCN(c1ccc([C@@H](C)N)c(Br)c1)c1ccccc1C. The van der Waals surface area contributed by atoms with Crippen LogP contribution in [0.3, 0.4) is 0 Å². The molecule has 0 aliphatic heterocycles. The number of hydrogen-bond acceptors (Lipinski definition) is 2. The fourth-order valence-corrected chi connectivity index (χ4v) is 3.14. The molecule has 2 N–H and O–H groups in total. The van der Waals surface area contributed by atoms with Crippen molar-refractivity contribution in [1.29, 1.82) is 0 Å². The summed E-state index contributed by atoms with van der Waals surface area (Å²) in [7, 11) is 0. The molecule has 2 nitrogen and oxygen atoms in total. The van der Waals surface area contributed by atoms with E-state index in [0.717, 1.165) is 16.6 Å². The van der Waals surface area contributed by atoms with Gasteiger partial charge in [-0.25, -0.2) is 0 Å². The number of rotatable bonds is 4. The third-order valence-electron chi connectivity index (χ3n) is 3.51. The second-order valence-electron chi connectivity index (χ2n) is 5.03. The van der Waals surface area contributed by atoms with Crippen molar-refractivity contribution in [1.82, 2.24) is 0 Å². The summed E-state index contributed by atoms with van der Waals surface area (Å²) in [6, 6.07) is 14.9. The van der Waals surface area contributed by atoms with E-state index in [1.165, 1.54) is 16.9 Å². The van der Waals surface area contributed by atoms with Gasteiger partial charge in [-0.15, -0.1) is 0 Å². The minimum atomic E-state index is 0.0342. The Labute approximate surface area is 129 Å². The Morgan fingerprint density at radius 2 is 1.90 bits per heavy atom. The van der Waals surface area contributed by atoms with Crippen LogP contribution in [-0.4, -0.2) is 6.54 Å². The first-order valence-electron chi connectivity index (χ1n) is 6.92. The standard InChI is InChI=1S/C17H21BrN2/c1-4-20(17-8-6-5-7-12(17)2)14-9-10-15(13(3)19)16(18)11-14/h5-11,13H,4,19H2,1-3H3/t13-/m1/s1. The van der Waals surface area contributed by atoms with Crippen LogP contribution >= 0.6 is 15.9 Å². The van der Waals surface area contributed by atoms with Gasteiger partial charge in [0.1, 0.15) is 0 Å². The molecule has 0 saturated heterocycles. The maximum absolute atomic E-state index is 5.96. The summed E-state index contributed by atoms with van der Waals surface area (Å²) in [5.41, 5.74) is 10.8. The highest BCUT2D eigenvalue weighted by Gasteiger charge is 2.12. The van der Waals surface area contributed by atoms with E-state index in [1.807, 2.05) is 6.92 Å². The summed E-state index contributed by atoms with van der Waals surface area (Å²) >= 11 is 3.63. The number of halogens is 1. The molecular formula is C17H21BrN2. The van der Waals surface area contributed by atoms with E-state index < -0.39 is 0 Å². The predicted octanol–water partition coefficient (Wildman–Crippen LogP) is 4.94. The highest BCUT2D eigenvalue weighted by atomic mass is 79.9. The van der Waals surface area contributed by atoms with Gasteiger partial charge >= 0.3 is 0 Å². The van der Waals surface area contributed by atoms with Gasteiger partial charge in [-0.2, -0.15) is 0 Å². The summed E-state index contributed by atoms with van der Waals surface area (Å²) in [6.45, 7) is 7.23. The molecule has 0 aliphatic rings. The molecule has 0 heterocycles. The Morgan fingerprint density at radius 3 is 2.45 bits per heavy atom. The third-order valence-corrected chi connectivity index (χ3v) is 4.20. The molecule has 2 aromatic rings. The zero-order chi connectivity index (χ0) is 14.7. The number of aryl methyl sites for hydroxylation is 1. The van der Waals surface area contributed by atoms with E-state index in [1.54, 1.807) is 0 Å². The number of benzene rings is 2. The largest absolute Gasteiger partial charge is 0.342 e. The van der Waals surface area contributed by atoms with Gasteiger partial charge in [-0.3, -0.25) is 0 Å². The summed E-state index contributed by atoms with van der Waals surface area (Å²) in [6.07, 6.45) is 0. The Balaban J connectivity index is 2.43. The van der Waals surface area contributed by atoms with Crippen molar-refractivity contribution in [2.45, 2.75) is 26.8 Å². The van der Waals surface area contributed by atoms with Crippen molar-refractivity contribution in [2.75, 3.05) is 11.4 Å². The van der Waals surface area contributed by atoms with Crippen molar-refractivity contribution in [3.63, 3.8) is 0 Å². The fourth-order valence-electron chi connectivity index (χ4n) is 2.41. The smallest absolute Gasteiger partial charge is 0.0440 e. The number of anilines is 2. The van der Waals surface area contributed by atoms with Gasteiger partial charge in [0.25, 0.3) is 0 Å². The molecule has 3 heteroatoms. The van der Waals surface area contributed by atoms with Crippen LogP contribution in [0.25, 0.3) is 0 Å². The molecule has 1 atom stereocenters. The van der Waals surface area contributed by atoms with Crippen LogP contribution in [0.5, 0.6) is 0 Å². The van der Waals surface area contributed by atoms with Gasteiger partial charge in [0.05, 0.1) is 0 Å². The van der Waals surface area contributed by atoms with Gasteiger partial charge < -0.3 is 10.6 Å². The van der Waals surface area contributed by atoms with Gasteiger partial charge in [-0.05, 0) is 50.1 Å². The molecule has 0 unspecified atom stereocenters. The van der Waals surface area contributed by atoms with E-state index in [0.29, 0.717) is 0 Å². The highest BCUT2D eigenvalue weighted by Crippen LogP contribution is 2.32. The average molecular weight is 333 g/mol. The first kappa shape index (κ1) is 15.1. The maximum atomic E-state index is 5.96. The van der Waals surface area contributed by atoms with Gasteiger partial charge in [0, 0.05) is 28.4 Å². The summed E-state index contributed by atoms with van der Waals surface area (Å²) < 4.78 is 1.07. The van der Waals surface area contributed by atoms with Crippen molar-refractivity contribution in [3.05, 3.63) is 58.1 Å². The normalized spacial score (nSPS) is 12.2. The van der Waals surface area contributed by atoms with E-state index in [4.69, 9.17) is 5.73 Å². The lowest BCUT2D eigenvalue weighted by molar-refractivity contribution is 0.813. The molecular weight excluding hydrogens is 312 g/mol. The lowest BCUT2D eigenvalue weighted by atomic mass is 10.1. The fraction of sp³-hybridized carbons (Fsp3) is 0.294. The summed E-state index contributed by atoms with van der Waals surface area (Å²) in [4.78, 5) is 2.31. The number of para-hydroxylation sites is 1. The Kier molecular flexibility index (Phi) is 4.84. The minimum absolute atomic E-state index is 0.0342. The van der Waals surface area contributed by atoms with Crippen LogP contribution in [0, 0.1) is 6.92 Å². The topological polar surface area (TPSA) is 29.3 Å². The molecule has 106 valence electrons. The number of hydrogen-bond donors (Lipinski definition) is 1. The van der Waals surface area contributed by atoms with Gasteiger partial charge in [0.15, 0.2) is 0 Å². The molecule has 0 bridgehead atoms.